The van der Waals surface area contributed by atoms with Gasteiger partial charge >= 0.3 is 0 Å². The Morgan fingerprint density at radius 1 is 1.53 bits per heavy atom. The van der Waals surface area contributed by atoms with Crippen LogP contribution in [0.3, 0.4) is 0 Å². The van der Waals surface area contributed by atoms with Crippen LogP contribution in [-0.2, 0) is 0 Å². The molecular formula is C10H17N3O2. The molecule has 0 aliphatic heterocycles. The molecule has 0 fully saturated rings. The highest BCUT2D eigenvalue weighted by Gasteiger charge is 2.11. The largest absolute Gasteiger partial charge is 0.396 e. The van der Waals surface area contributed by atoms with Crippen molar-refractivity contribution in [3.63, 3.8) is 0 Å². The molecule has 0 spiro atoms. The first-order valence-corrected chi connectivity index (χ1v) is 5.10. The van der Waals surface area contributed by atoms with Crippen LogP contribution < -0.4 is 0 Å². The number of aromatic amines is 1. The number of H-pyrrole nitrogens is 1. The Labute approximate surface area is 89.1 Å². The smallest absolute Gasteiger partial charge is 0.271 e. The number of nitrogens with zero attached hydrogens (tertiary/aromatic N) is 2. The van der Waals surface area contributed by atoms with Gasteiger partial charge in [-0.15, -0.1) is 0 Å². The molecule has 1 aromatic rings. The fourth-order valence-electron chi connectivity index (χ4n) is 1.32. The fraction of sp³-hybridized carbons (Fsp3) is 0.600. The van der Waals surface area contributed by atoms with E-state index >= 15 is 0 Å². The first kappa shape index (κ1) is 11.7. The summed E-state index contributed by atoms with van der Waals surface area (Å²) in [5, 5.41) is 8.60. The van der Waals surface area contributed by atoms with E-state index in [4.69, 9.17) is 5.11 Å². The second-order valence-corrected chi connectivity index (χ2v) is 3.48. The molecule has 0 aromatic carbocycles. The Balaban J connectivity index is 2.28. The van der Waals surface area contributed by atoms with Gasteiger partial charge in [0, 0.05) is 20.2 Å². The number of rotatable bonds is 6. The maximum Gasteiger partial charge on any atom is 0.271 e. The highest BCUT2D eigenvalue weighted by Crippen LogP contribution is 2.01. The Morgan fingerprint density at radius 3 is 2.93 bits per heavy atom. The van der Waals surface area contributed by atoms with E-state index in [2.05, 4.69) is 9.97 Å². The van der Waals surface area contributed by atoms with Gasteiger partial charge in [0.05, 0.1) is 12.5 Å². The molecule has 0 saturated heterocycles. The number of unbranched alkanes of at least 4 members (excludes halogenated alkanes) is 2. The summed E-state index contributed by atoms with van der Waals surface area (Å²) in [5.41, 5.74) is 0.514. The molecule has 1 aromatic heterocycles. The number of carbonyl (C=O) groups is 1. The normalized spacial score (nSPS) is 10.3. The highest BCUT2D eigenvalue weighted by atomic mass is 16.2. The van der Waals surface area contributed by atoms with Crippen LogP contribution in [0.1, 0.15) is 29.8 Å². The van der Waals surface area contributed by atoms with E-state index in [0.717, 1.165) is 19.3 Å². The lowest BCUT2D eigenvalue weighted by Crippen LogP contribution is -2.28. The minimum atomic E-state index is -0.0449. The minimum Gasteiger partial charge on any atom is -0.396 e. The first-order valence-electron chi connectivity index (χ1n) is 5.10. The number of aliphatic hydroxyl groups is 1. The number of aliphatic hydroxyl groups excluding tert-OH is 1. The van der Waals surface area contributed by atoms with Crippen LogP contribution in [-0.4, -0.2) is 46.1 Å². The van der Waals surface area contributed by atoms with Crippen LogP contribution in [0, 0.1) is 0 Å². The van der Waals surface area contributed by atoms with Gasteiger partial charge in [0.25, 0.3) is 5.91 Å². The van der Waals surface area contributed by atoms with Gasteiger partial charge in [-0.1, -0.05) is 0 Å². The predicted molar refractivity (Wildman–Crippen MR) is 56.5 cm³/mol. The van der Waals surface area contributed by atoms with Gasteiger partial charge in [-0.05, 0) is 19.3 Å². The number of aromatic nitrogens is 2. The van der Waals surface area contributed by atoms with Crippen LogP contribution in [0.25, 0.3) is 0 Å². The highest BCUT2D eigenvalue weighted by molar-refractivity contribution is 5.91. The SMILES string of the molecule is CN(CCCCCO)C(=O)c1cnc[nH]1. The predicted octanol–water partition coefficient (Wildman–Crippen LogP) is 0.644. The number of amides is 1. The van der Waals surface area contributed by atoms with Crippen molar-refractivity contribution in [3.05, 3.63) is 18.2 Å². The quantitative estimate of drug-likeness (QED) is 0.678. The van der Waals surface area contributed by atoms with E-state index in [1.54, 1.807) is 11.9 Å². The first-order chi connectivity index (χ1) is 7.25. The van der Waals surface area contributed by atoms with Gasteiger partial charge in [0.2, 0.25) is 0 Å². The zero-order valence-corrected chi connectivity index (χ0v) is 8.94. The number of hydrogen-bond donors (Lipinski definition) is 2. The van der Waals surface area contributed by atoms with E-state index in [1.165, 1.54) is 12.5 Å². The van der Waals surface area contributed by atoms with Gasteiger partial charge < -0.3 is 15.0 Å². The molecule has 0 unspecified atom stereocenters. The molecule has 1 heterocycles. The third-order valence-electron chi connectivity index (χ3n) is 2.23. The lowest BCUT2D eigenvalue weighted by molar-refractivity contribution is 0.0787. The van der Waals surface area contributed by atoms with Crippen LogP contribution in [0.2, 0.25) is 0 Å². The summed E-state index contributed by atoms with van der Waals surface area (Å²) in [7, 11) is 1.77. The maximum absolute atomic E-state index is 11.7. The number of imidazole rings is 1. The van der Waals surface area contributed by atoms with Gasteiger partial charge in [0.15, 0.2) is 0 Å². The molecule has 0 saturated carbocycles. The number of carbonyl (C=O) groups excluding carboxylic acids is 1. The number of hydrogen-bond acceptors (Lipinski definition) is 3. The van der Waals surface area contributed by atoms with E-state index < -0.39 is 0 Å². The van der Waals surface area contributed by atoms with Crippen molar-refractivity contribution in [2.45, 2.75) is 19.3 Å². The van der Waals surface area contributed by atoms with Crippen molar-refractivity contribution < 1.29 is 9.90 Å². The second kappa shape index (κ2) is 6.19. The Bertz CT molecular complexity index is 285. The van der Waals surface area contributed by atoms with Crippen LogP contribution >= 0.6 is 0 Å². The standard InChI is InChI=1S/C10H17N3O2/c1-13(5-3-2-4-6-14)10(15)9-7-11-8-12-9/h7-8,14H,2-6H2,1H3,(H,11,12). The summed E-state index contributed by atoms with van der Waals surface area (Å²) in [6.07, 6.45) is 5.67. The summed E-state index contributed by atoms with van der Waals surface area (Å²) in [6.45, 7) is 0.927. The number of nitrogens with one attached hydrogen (secondary N) is 1. The summed E-state index contributed by atoms with van der Waals surface area (Å²) in [6, 6.07) is 0. The molecule has 2 N–H and O–H groups in total. The Hall–Kier alpha value is -1.36. The molecule has 1 amide bonds. The zero-order chi connectivity index (χ0) is 11.1. The van der Waals surface area contributed by atoms with Crippen molar-refractivity contribution in [1.82, 2.24) is 14.9 Å². The fourth-order valence-corrected chi connectivity index (χ4v) is 1.32. The molecule has 0 bridgehead atoms. The average Bonchev–Trinajstić information content (AvgIpc) is 2.76. The van der Waals surface area contributed by atoms with Crippen molar-refractivity contribution in [2.24, 2.45) is 0 Å². The van der Waals surface area contributed by atoms with E-state index in [-0.39, 0.29) is 12.5 Å². The molecular weight excluding hydrogens is 194 g/mol. The molecule has 0 radical (unpaired) electrons. The summed E-state index contributed by atoms with van der Waals surface area (Å²) in [4.78, 5) is 19.9. The lowest BCUT2D eigenvalue weighted by Gasteiger charge is -2.15. The third-order valence-corrected chi connectivity index (χ3v) is 2.23. The molecule has 5 nitrogen and oxygen atoms in total. The Kier molecular flexibility index (Phi) is 4.83. The monoisotopic (exact) mass is 211 g/mol. The zero-order valence-electron chi connectivity index (χ0n) is 8.94. The van der Waals surface area contributed by atoms with Gasteiger partial charge in [-0.2, -0.15) is 0 Å². The molecule has 5 heteroatoms. The molecule has 15 heavy (non-hydrogen) atoms. The van der Waals surface area contributed by atoms with E-state index in [9.17, 15) is 4.79 Å². The summed E-state index contributed by atoms with van der Waals surface area (Å²) >= 11 is 0. The lowest BCUT2D eigenvalue weighted by atomic mass is 10.2. The van der Waals surface area contributed by atoms with Gasteiger partial charge in [-0.3, -0.25) is 4.79 Å². The Morgan fingerprint density at radius 2 is 2.33 bits per heavy atom. The topological polar surface area (TPSA) is 69.2 Å². The maximum atomic E-state index is 11.7. The van der Waals surface area contributed by atoms with Crippen LogP contribution in [0.5, 0.6) is 0 Å². The molecule has 1 rings (SSSR count). The van der Waals surface area contributed by atoms with Crippen LogP contribution in [0.15, 0.2) is 12.5 Å². The second-order valence-electron chi connectivity index (χ2n) is 3.48. The van der Waals surface area contributed by atoms with E-state index in [1.807, 2.05) is 0 Å². The van der Waals surface area contributed by atoms with Crippen molar-refractivity contribution in [1.29, 1.82) is 0 Å². The molecule has 0 aliphatic rings. The molecule has 0 aliphatic carbocycles. The van der Waals surface area contributed by atoms with Gasteiger partial charge in [0.1, 0.15) is 5.69 Å². The average molecular weight is 211 g/mol. The molecule has 0 atom stereocenters. The minimum absolute atomic E-state index is 0.0449. The third kappa shape index (κ3) is 3.71. The van der Waals surface area contributed by atoms with Crippen molar-refractivity contribution in [2.75, 3.05) is 20.2 Å². The molecule has 84 valence electrons. The van der Waals surface area contributed by atoms with Crippen molar-refractivity contribution >= 4 is 5.91 Å². The van der Waals surface area contributed by atoms with E-state index in [0.29, 0.717) is 12.2 Å². The van der Waals surface area contributed by atoms with Crippen molar-refractivity contribution in [3.8, 4) is 0 Å². The summed E-state index contributed by atoms with van der Waals surface area (Å²) in [5.74, 6) is -0.0449. The van der Waals surface area contributed by atoms with Crippen LogP contribution in [0.4, 0.5) is 0 Å². The summed E-state index contributed by atoms with van der Waals surface area (Å²) < 4.78 is 0. The van der Waals surface area contributed by atoms with Gasteiger partial charge in [-0.25, -0.2) is 4.98 Å².